The molecule has 0 fully saturated rings. The summed E-state index contributed by atoms with van der Waals surface area (Å²) in [5, 5.41) is 0. The van der Waals surface area contributed by atoms with Gasteiger partial charge in [-0.1, -0.05) is 37.3 Å². The second-order valence-electron chi connectivity index (χ2n) is 4.99. The fourth-order valence-corrected chi connectivity index (χ4v) is 3.36. The Morgan fingerprint density at radius 1 is 1.10 bits per heavy atom. The van der Waals surface area contributed by atoms with Crippen LogP contribution in [-0.2, 0) is 23.0 Å². The molecular formula is C16H20N2O2S. The smallest absolute Gasteiger partial charge is 0.242 e. The highest BCUT2D eigenvalue weighted by atomic mass is 32.2. The van der Waals surface area contributed by atoms with Crippen molar-refractivity contribution in [2.75, 3.05) is 5.73 Å². The van der Waals surface area contributed by atoms with Crippen LogP contribution >= 0.6 is 0 Å². The van der Waals surface area contributed by atoms with Gasteiger partial charge in [0.15, 0.2) is 0 Å². The van der Waals surface area contributed by atoms with Crippen molar-refractivity contribution < 1.29 is 8.42 Å². The number of nitrogen functional groups attached to an aromatic ring is 1. The molecule has 2 aromatic carbocycles. The van der Waals surface area contributed by atoms with Crippen molar-refractivity contribution in [3.05, 3.63) is 59.2 Å². The molecule has 0 aromatic heterocycles. The predicted molar refractivity (Wildman–Crippen MR) is 85.4 cm³/mol. The van der Waals surface area contributed by atoms with Crippen LogP contribution in [0.4, 0.5) is 5.69 Å². The summed E-state index contributed by atoms with van der Waals surface area (Å²) in [6, 6.07) is 12.7. The Hall–Kier alpha value is -1.85. The van der Waals surface area contributed by atoms with Gasteiger partial charge in [-0.05, 0) is 42.2 Å². The number of hydrogen-bond donors (Lipinski definition) is 2. The summed E-state index contributed by atoms with van der Waals surface area (Å²) in [4.78, 5) is 0.127. The van der Waals surface area contributed by atoms with Gasteiger partial charge in [-0.3, -0.25) is 0 Å². The molecule has 0 aliphatic heterocycles. The lowest BCUT2D eigenvalue weighted by molar-refractivity contribution is 0.581. The molecule has 0 aliphatic carbocycles. The maximum atomic E-state index is 12.3. The standard InChI is InChI=1S/C16H20N2O2S/c1-3-13-6-4-5-7-14(13)11-18-21(19,20)16-9-8-12(2)10-15(16)17/h4-10,18H,3,11,17H2,1-2H3. The van der Waals surface area contributed by atoms with Crippen LogP contribution < -0.4 is 10.5 Å². The third kappa shape index (κ3) is 3.62. The van der Waals surface area contributed by atoms with E-state index in [1.54, 1.807) is 18.2 Å². The van der Waals surface area contributed by atoms with Crippen LogP contribution in [0.15, 0.2) is 47.4 Å². The van der Waals surface area contributed by atoms with Gasteiger partial charge in [0.1, 0.15) is 4.90 Å². The van der Waals surface area contributed by atoms with Crippen LogP contribution in [0.25, 0.3) is 0 Å². The molecule has 0 radical (unpaired) electrons. The molecule has 112 valence electrons. The maximum absolute atomic E-state index is 12.3. The summed E-state index contributed by atoms with van der Waals surface area (Å²) >= 11 is 0. The topological polar surface area (TPSA) is 72.2 Å². The summed E-state index contributed by atoms with van der Waals surface area (Å²) in [7, 11) is -3.61. The van der Waals surface area contributed by atoms with Crippen molar-refractivity contribution >= 4 is 15.7 Å². The second-order valence-corrected chi connectivity index (χ2v) is 6.72. The minimum Gasteiger partial charge on any atom is -0.398 e. The van der Waals surface area contributed by atoms with Gasteiger partial charge in [0, 0.05) is 6.54 Å². The van der Waals surface area contributed by atoms with Crippen LogP contribution in [0.3, 0.4) is 0 Å². The molecule has 0 atom stereocenters. The molecule has 21 heavy (non-hydrogen) atoms. The molecule has 0 amide bonds. The first-order valence-electron chi connectivity index (χ1n) is 6.86. The van der Waals surface area contributed by atoms with E-state index in [1.165, 1.54) is 0 Å². The number of anilines is 1. The normalized spacial score (nSPS) is 11.5. The summed E-state index contributed by atoms with van der Waals surface area (Å²) in [6.45, 7) is 4.18. The number of hydrogen-bond acceptors (Lipinski definition) is 3. The lowest BCUT2D eigenvalue weighted by Crippen LogP contribution is -2.24. The van der Waals surface area contributed by atoms with E-state index in [2.05, 4.69) is 4.72 Å². The van der Waals surface area contributed by atoms with Crippen molar-refractivity contribution in [2.24, 2.45) is 0 Å². The molecule has 0 bridgehead atoms. The van der Waals surface area contributed by atoms with E-state index in [0.717, 1.165) is 23.1 Å². The van der Waals surface area contributed by atoms with Gasteiger partial charge in [-0.2, -0.15) is 0 Å². The average Bonchev–Trinajstić information content (AvgIpc) is 2.45. The minimum atomic E-state index is -3.61. The van der Waals surface area contributed by atoms with E-state index < -0.39 is 10.0 Å². The van der Waals surface area contributed by atoms with Gasteiger partial charge in [0.05, 0.1) is 5.69 Å². The third-order valence-corrected chi connectivity index (χ3v) is 4.88. The van der Waals surface area contributed by atoms with Crippen LogP contribution in [0.2, 0.25) is 0 Å². The van der Waals surface area contributed by atoms with E-state index in [4.69, 9.17) is 5.73 Å². The van der Waals surface area contributed by atoms with Gasteiger partial charge in [0.2, 0.25) is 10.0 Å². The third-order valence-electron chi connectivity index (χ3n) is 3.41. The highest BCUT2D eigenvalue weighted by Crippen LogP contribution is 2.20. The summed E-state index contributed by atoms with van der Waals surface area (Å²) < 4.78 is 27.3. The van der Waals surface area contributed by atoms with Crippen LogP contribution in [0.5, 0.6) is 0 Å². The predicted octanol–water partition coefficient (Wildman–Crippen LogP) is 2.62. The zero-order valence-electron chi connectivity index (χ0n) is 12.3. The molecule has 0 spiro atoms. The van der Waals surface area contributed by atoms with E-state index >= 15 is 0 Å². The molecule has 5 heteroatoms. The van der Waals surface area contributed by atoms with Crippen molar-refractivity contribution in [3.63, 3.8) is 0 Å². The molecular weight excluding hydrogens is 284 g/mol. The first-order chi connectivity index (χ1) is 9.94. The molecule has 3 N–H and O–H groups in total. The zero-order chi connectivity index (χ0) is 15.5. The van der Waals surface area contributed by atoms with Crippen molar-refractivity contribution in [3.8, 4) is 0 Å². The Morgan fingerprint density at radius 2 is 1.76 bits per heavy atom. The van der Waals surface area contributed by atoms with Gasteiger partial charge in [-0.15, -0.1) is 0 Å². The van der Waals surface area contributed by atoms with Gasteiger partial charge < -0.3 is 5.73 Å². The van der Waals surface area contributed by atoms with Crippen molar-refractivity contribution in [2.45, 2.75) is 31.7 Å². The van der Waals surface area contributed by atoms with Crippen LogP contribution in [-0.4, -0.2) is 8.42 Å². The Morgan fingerprint density at radius 3 is 2.38 bits per heavy atom. The maximum Gasteiger partial charge on any atom is 0.242 e. The fraction of sp³-hybridized carbons (Fsp3) is 0.250. The highest BCUT2D eigenvalue weighted by molar-refractivity contribution is 7.89. The van der Waals surface area contributed by atoms with E-state index in [0.29, 0.717) is 0 Å². The van der Waals surface area contributed by atoms with Crippen LogP contribution in [0, 0.1) is 6.92 Å². The molecule has 0 aliphatic rings. The first kappa shape index (κ1) is 15.5. The average molecular weight is 304 g/mol. The number of aryl methyl sites for hydroxylation is 2. The summed E-state index contributed by atoms with van der Waals surface area (Å²) in [5.74, 6) is 0. The molecule has 2 aromatic rings. The zero-order valence-corrected chi connectivity index (χ0v) is 13.1. The van der Waals surface area contributed by atoms with Crippen molar-refractivity contribution in [1.82, 2.24) is 4.72 Å². The number of nitrogens with one attached hydrogen (secondary N) is 1. The van der Waals surface area contributed by atoms with Crippen LogP contribution in [0.1, 0.15) is 23.6 Å². The quantitative estimate of drug-likeness (QED) is 0.834. The lowest BCUT2D eigenvalue weighted by atomic mass is 10.1. The molecule has 0 unspecified atom stereocenters. The number of rotatable bonds is 5. The molecule has 2 rings (SSSR count). The Labute approximate surface area is 126 Å². The van der Waals surface area contributed by atoms with E-state index in [-0.39, 0.29) is 17.1 Å². The monoisotopic (exact) mass is 304 g/mol. The van der Waals surface area contributed by atoms with Crippen molar-refractivity contribution in [1.29, 1.82) is 0 Å². The molecule has 0 saturated heterocycles. The SMILES string of the molecule is CCc1ccccc1CNS(=O)(=O)c1ccc(C)cc1N. The van der Waals surface area contributed by atoms with E-state index in [1.807, 2.05) is 38.1 Å². The Kier molecular flexibility index (Phi) is 4.65. The van der Waals surface area contributed by atoms with Gasteiger partial charge in [-0.25, -0.2) is 13.1 Å². The minimum absolute atomic E-state index is 0.127. The number of sulfonamides is 1. The second kappa shape index (κ2) is 6.28. The van der Waals surface area contributed by atoms with E-state index in [9.17, 15) is 8.42 Å². The summed E-state index contributed by atoms with van der Waals surface area (Å²) in [5.41, 5.74) is 9.13. The van der Waals surface area contributed by atoms with Gasteiger partial charge in [0.25, 0.3) is 0 Å². The molecule has 0 heterocycles. The largest absolute Gasteiger partial charge is 0.398 e. The van der Waals surface area contributed by atoms with Gasteiger partial charge >= 0.3 is 0 Å². The fourth-order valence-electron chi connectivity index (χ4n) is 2.24. The first-order valence-corrected chi connectivity index (χ1v) is 8.35. The Bertz CT molecular complexity index is 740. The Balaban J connectivity index is 2.22. The number of nitrogens with two attached hydrogens (primary N) is 1. The number of benzene rings is 2. The highest BCUT2D eigenvalue weighted by Gasteiger charge is 2.17. The molecule has 4 nitrogen and oxygen atoms in total. The summed E-state index contributed by atoms with van der Waals surface area (Å²) in [6.07, 6.45) is 0.866. The lowest BCUT2D eigenvalue weighted by Gasteiger charge is -2.11. The molecule has 0 saturated carbocycles.